The van der Waals surface area contributed by atoms with Gasteiger partial charge in [0.15, 0.2) is 17.5 Å². The highest BCUT2D eigenvalue weighted by Gasteiger charge is 2.24. The monoisotopic (exact) mass is 943 g/mol. The molecule has 0 amide bonds. The van der Waals surface area contributed by atoms with E-state index in [0.29, 0.717) is 17.5 Å². The van der Waals surface area contributed by atoms with Crippen molar-refractivity contribution in [3.8, 4) is 90.0 Å². The Labute approximate surface area is 428 Å². The van der Waals surface area contributed by atoms with E-state index in [9.17, 15) is 0 Å². The highest BCUT2D eigenvalue weighted by molar-refractivity contribution is 6.20. The van der Waals surface area contributed by atoms with Crippen LogP contribution in [0.1, 0.15) is 0 Å². The number of aromatic nitrogens is 5. The van der Waals surface area contributed by atoms with Gasteiger partial charge >= 0.3 is 0 Å². The Kier molecular flexibility index (Phi) is 10.4. The molecule has 0 radical (unpaired) electrons. The summed E-state index contributed by atoms with van der Waals surface area (Å²) in [5.74, 6) is 1.86. The summed E-state index contributed by atoms with van der Waals surface area (Å²) in [7, 11) is 0. The first-order valence-corrected chi connectivity index (χ1v) is 25.1. The highest BCUT2D eigenvalue weighted by Crippen LogP contribution is 2.47. The molecular weight excluding hydrogens is 899 g/mol. The summed E-state index contributed by atoms with van der Waals surface area (Å²) in [6.07, 6.45) is 0. The molecule has 0 saturated heterocycles. The molecule has 0 N–H and O–H groups in total. The van der Waals surface area contributed by atoms with Crippen LogP contribution in [0, 0.1) is 0 Å². The molecule has 0 spiro atoms. The molecule has 0 unspecified atom stereocenters. The second kappa shape index (κ2) is 18.0. The van der Waals surface area contributed by atoms with Gasteiger partial charge in [-0.2, -0.15) is 0 Å². The smallest absolute Gasteiger partial charge is 0.164 e. The zero-order valence-corrected chi connectivity index (χ0v) is 40.2. The second-order valence-electron chi connectivity index (χ2n) is 18.8. The van der Waals surface area contributed by atoms with Crippen molar-refractivity contribution in [3.63, 3.8) is 0 Å². The summed E-state index contributed by atoms with van der Waals surface area (Å²) in [5, 5.41) is 4.74. The molecule has 14 rings (SSSR count). The van der Waals surface area contributed by atoms with Gasteiger partial charge < -0.3 is 9.13 Å². The minimum Gasteiger partial charge on any atom is -0.309 e. The van der Waals surface area contributed by atoms with Crippen molar-refractivity contribution in [2.24, 2.45) is 0 Å². The molecule has 3 heterocycles. The number of nitrogens with zero attached hydrogens (tertiary/aromatic N) is 5. The Morgan fingerprint density at radius 1 is 0.216 bits per heavy atom. The van der Waals surface area contributed by atoms with Crippen LogP contribution in [0.25, 0.3) is 134 Å². The molecule has 0 atom stereocenters. The average Bonchev–Trinajstić information content (AvgIpc) is 4.06. The lowest BCUT2D eigenvalue weighted by atomic mass is 9.92. The van der Waals surface area contributed by atoms with Gasteiger partial charge in [0, 0.05) is 60.7 Å². The van der Waals surface area contributed by atoms with E-state index in [1.807, 2.05) is 36.4 Å². The molecule has 0 aliphatic heterocycles. The summed E-state index contributed by atoms with van der Waals surface area (Å²) in [6, 6.07) is 97.6. The van der Waals surface area contributed by atoms with Crippen molar-refractivity contribution in [1.29, 1.82) is 0 Å². The normalized spacial score (nSPS) is 11.5. The fraction of sp³-hybridized carbons (Fsp3) is 0. The van der Waals surface area contributed by atoms with Gasteiger partial charge in [0.05, 0.1) is 22.1 Å². The summed E-state index contributed by atoms with van der Waals surface area (Å²) in [4.78, 5) is 15.4. The number of hydrogen-bond donors (Lipinski definition) is 0. The van der Waals surface area contributed by atoms with E-state index < -0.39 is 0 Å². The second-order valence-corrected chi connectivity index (χ2v) is 18.8. The first kappa shape index (κ1) is 42.9. The maximum Gasteiger partial charge on any atom is 0.164 e. The minimum absolute atomic E-state index is 0.609. The van der Waals surface area contributed by atoms with Gasteiger partial charge in [0.2, 0.25) is 0 Å². The van der Waals surface area contributed by atoms with Crippen molar-refractivity contribution in [2.75, 3.05) is 0 Å². The van der Waals surface area contributed by atoms with Gasteiger partial charge in [0.25, 0.3) is 0 Å². The summed E-state index contributed by atoms with van der Waals surface area (Å²) in [5.41, 5.74) is 18.6. The van der Waals surface area contributed by atoms with Crippen LogP contribution in [0.5, 0.6) is 0 Å². The Balaban J connectivity index is 1.08. The van der Waals surface area contributed by atoms with Crippen LogP contribution in [0.4, 0.5) is 0 Å². The van der Waals surface area contributed by atoms with Gasteiger partial charge in [-0.25, -0.2) is 15.0 Å². The number of hydrogen-bond acceptors (Lipinski definition) is 3. The Hall–Kier alpha value is -9.97. The largest absolute Gasteiger partial charge is 0.309 e. The number of para-hydroxylation sites is 3. The van der Waals surface area contributed by atoms with Gasteiger partial charge in [-0.05, 0) is 106 Å². The quantitative estimate of drug-likeness (QED) is 0.145. The van der Waals surface area contributed by atoms with Crippen molar-refractivity contribution in [3.05, 3.63) is 273 Å². The standard InChI is InChI=1S/C69H45N5/c1-7-22-46(23-8-1)53-42-58(50-30-21-31-52(40-50)69-71-67(48-26-11-3-12-27-48)70-68(72-69)49-28-13-4-14-29-49)65-61(44-53)62-45-54(47-24-9-2-10-25-47)43-59(66(62)74(65)56-34-17-6-18-35-56)51-38-39-64-60(41-51)57-36-19-20-37-63(57)73(64)55-32-15-5-16-33-55/h1-45H. The van der Waals surface area contributed by atoms with Crippen LogP contribution < -0.4 is 0 Å². The first-order valence-electron chi connectivity index (χ1n) is 25.1. The van der Waals surface area contributed by atoms with Crippen LogP contribution in [-0.4, -0.2) is 24.1 Å². The van der Waals surface area contributed by atoms with E-state index in [0.717, 1.165) is 89.0 Å². The predicted octanol–water partition coefficient (Wildman–Crippen LogP) is 17.7. The minimum atomic E-state index is 0.609. The Morgan fingerprint density at radius 2 is 0.595 bits per heavy atom. The molecule has 3 aromatic heterocycles. The Bertz CT molecular complexity index is 4320. The average molecular weight is 944 g/mol. The molecule has 5 nitrogen and oxygen atoms in total. The SMILES string of the molecule is c1ccc(-c2cc(-c3cccc(-c4nc(-c5ccccc5)nc(-c5ccccc5)n4)c3)c3c(c2)c2cc(-c4ccccc4)cc(-c4ccc5c(c4)c4ccccc4n5-c4ccccc4)c2n3-c2ccccc2)cc1. The van der Waals surface area contributed by atoms with E-state index in [1.54, 1.807) is 0 Å². The highest BCUT2D eigenvalue weighted by atomic mass is 15.0. The first-order chi connectivity index (χ1) is 36.7. The zero-order valence-electron chi connectivity index (χ0n) is 40.2. The molecule has 346 valence electrons. The van der Waals surface area contributed by atoms with E-state index in [4.69, 9.17) is 15.0 Å². The fourth-order valence-corrected chi connectivity index (χ4v) is 10.9. The van der Waals surface area contributed by atoms with Gasteiger partial charge in [-0.1, -0.05) is 200 Å². The molecule has 11 aromatic carbocycles. The third kappa shape index (κ3) is 7.46. The van der Waals surface area contributed by atoms with Crippen LogP contribution in [0.2, 0.25) is 0 Å². The lowest BCUT2D eigenvalue weighted by Crippen LogP contribution is -2.00. The maximum atomic E-state index is 5.18. The summed E-state index contributed by atoms with van der Waals surface area (Å²) < 4.78 is 4.89. The molecule has 74 heavy (non-hydrogen) atoms. The van der Waals surface area contributed by atoms with Crippen LogP contribution in [0.15, 0.2) is 273 Å². The molecule has 0 saturated carbocycles. The van der Waals surface area contributed by atoms with E-state index in [1.165, 1.54) is 27.2 Å². The van der Waals surface area contributed by atoms with E-state index in [2.05, 4.69) is 246 Å². The number of fused-ring (bicyclic) bond motifs is 6. The van der Waals surface area contributed by atoms with Gasteiger partial charge in [-0.15, -0.1) is 0 Å². The lowest BCUT2D eigenvalue weighted by Gasteiger charge is -2.16. The van der Waals surface area contributed by atoms with Crippen LogP contribution >= 0.6 is 0 Å². The van der Waals surface area contributed by atoms with Crippen molar-refractivity contribution in [2.45, 2.75) is 0 Å². The van der Waals surface area contributed by atoms with Gasteiger partial charge in [0.1, 0.15) is 0 Å². The van der Waals surface area contributed by atoms with Crippen molar-refractivity contribution in [1.82, 2.24) is 24.1 Å². The van der Waals surface area contributed by atoms with Crippen LogP contribution in [0.3, 0.4) is 0 Å². The summed E-state index contributed by atoms with van der Waals surface area (Å²) >= 11 is 0. The van der Waals surface area contributed by atoms with E-state index in [-0.39, 0.29) is 0 Å². The molecule has 0 fully saturated rings. The molecule has 5 heteroatoms. The topological polar surface area (TPSA) is 48.5 Å². The third-order valence-corrected chi connectivity index (χ3v) is 14.3. The van der Waals surface area contributed by atoms with Crippen molar-refractivity contribution < 1.29 is 0 Å². The Morgan fingerprint density at radius 3 is 1.12 bits per heavy atom. The molecule has 0 aliphatic carbocycles. The zero-order chi connectivity index (χ0) is 49.0. The lowest BCUT2D eigenvalue weighted by molar-refractivity contribution is 1.07. The van der Waals surface area contributed by atoms with E-state index >= 15 is 0 Å². The van der Waals surface area contributed by atoms with Gasteiger partial charge in [-0.3, -0.25) is 0 Å². The maximum absolute atomic E-state index is 5.18. The van der Waals surface area contributed by atoms with Crippen molar-refractivity contribution >= 4 is 43.6 Å². The number of benzene rings is 11. The van der Waals surface area contributed by atoms with Crippen LogP contribution in [-0.2, 0) is 0 Å². The molecule has 14 aromatic rings. The fourth-order valence-electron chi connectivity index (χ4n) is 10.9. The molecule has 0 aliphatic rings. The molecule has 0 bridgehead atoms. The predicted molar refractivity (Wildman–Crippen MR) is 307 cm³/mol. The number of rotatable bonds is 9. The summed E-state index contributed by atoms with van der Waals surface area (Å²) in [6.45, 7) is 0. The third-order valence-electron chi connectivity index (χ3n) is 14.3. The molecular formula is C69H45N5.